The fraction of sp³-hybridized carbons (Fsp3) is 0.286. The minimum atomic E-state index is -1.12. The first-order chi connectivity index (χ1) is 18.6. The molecule has 3 aromatic carbocycles. The summed E-state index contributed by atoms with van der Waals surface area (Å²) in [5, 5.41) is 13.8. The molecule has 3 N–H and O–H groups in total. The minimum Gasteiger partial charge on any atom is -0.493 e. The van der Waals surface area contributed by atoms with Crippen LogP contribution in [-0.4, -0.2) is 42.6 Å². The smallest absolute Gasteiger partial charge is 0.251 e. The van der Waals surface area contributed by atoms with Crippen molar-refractivity contribution in [2.24, 2.45) is 0 Å². The van der Waals surface area contributed by atoms with Gasteiger partial charge in [-0.3, -0.25) is 14.5 Å². The van der Waals surface area contributed by atoms with Crippen molar-refractivity contribution in [3.63, 3.8) is 0 Å². The van der Waals surface area contributed by atoms with Gasteiger partial charge < -0.3 is 20.5 Å². The monoisotopic (exact) mass is 547 g/mol. The van der Waals surface area contributed by atoms with E-state index in [4.69, 9.17) is 9.84 Å². The topological polar surface area (TPSA) is 90.9 Å². The molecule has 1 atom stereocenters. The van der Waals surface area contributed by atoms with E-state index in [1.807, 2.05) is 11.8 Å². The summed E-state index contributed by atoms with van der Waals surface area (Å²) >= 11 is 0. The number of amides is 2. The van der Waals surface area contributed by atoms with Crippen LogP contribution in [0.2, 0.25) is 0 Å². The molecule has 2 amide bonds. The molecule has 0 saturated heterocycles. The average molecular weight is 548 g/mol. The van der Waals surface area contributed by atoms with E-state index in [9.17, 15) is 27.2 Å². The number of nitrogens with one attached hydrogen (secondary N) is 2. The number of aliphatic hydroxyl groups excluding tert-OH is 1. The molecule has 0 heterocycles. The number of aliphatic hydroxyl groups is 1. The lowest BCUT2D eigenvalue weighted by Crippen LogP contribution is -2.25. The van der Waals surface area contributed by atoms with E-state index in [1.165, 1.54) is 24.3 Å². The van der Waals surface area contributed by atoms with E-state index >= 15 is 0 Å². The number of anilines is 1. The zero-order valence-corrected chi connectivity index (χ0v) is 21.4. The van der Waals surface area contributed by atoms with E-state index in [-0.39, 0.29) is 24.8 Å². The number of rotatable bonds is 13. The van der Waals surface area contributed by atoms with E-state index in [2.05, 4.69) is 10.6 Å². The Bertz CT molecular complexity index is 1300. The maximum Gasteiger partial charge on any atom is 0.251 e. The van der Waals surface area contributed by atoms with Gasteiger partial charge in [0.05, 0.1) is 6.61 Å². The Morgan fingerprint density at radius 3 is 2.44 bits per heavy atom. The molecule has 39 heavy (non-hydrogen) atoms. The van der Waals surface area contributed by atoms with Gasteiger partial charge in [0.25, 0.3) is 5.91 Å². The van der Waals surface area contributed by atoms with Gasteiger partial charge in [-0.2, -0.15) is 0 Å². The Morgan fingerprint density at radius 1 is 1.05 bits per heavy atom. The van der Waals surface area contributed by atoms with E-state index < -0.39 is 41.3 Å². The largest absolute Gasteiger partial charge is 0.493 e. The van der Waals surface area contributed by atoms with Crippen LogP contribution in [0.1, 0.15) is 46.4 Å². The lowest BCUT2D eigenvalue weighted by Gasteiger charge is -2.27. The SMILES string of the molecule is CC(c1ccc(C(=O)NCc2c(F)cc(F)cc2F)cc1NC=O)N(C)Cc1cc(OCCCO)ccc1F. The molecule has 0 spiro atoms. The first kappa shape index (κ1) is 29.6. The molecule has 0 aromatic heterocycles. The van der Waals surface area contributed by atoms with Gasteiger partial charge in [0.15, 0.2) is 0 Å². The van der Waals surface area contributed by atoms with Crippen molar-refractivity contribution in [1.82, 2.24) is 10.2 Å². The molecule has 3 rings (SSSR count). The second-order valence-electron chi connectivity index (χ2n) is 8.86. The quantitative estimate of drug-likeness (QED) is 0.164. The Balaban J connectivity index is 1.74. The number of carbonyl (C=O) groups excluding carboxylic acids is 2. The summed E-state index contributed by atoms with van der Waals surface area (Å²) in [6.45, 7) is 1.80. The van der Waals surface area contributed by atoms with Crippen LogP contribution in [-0.2, 0) is 17.9 Å². The van der Waals surface area contributed by atoms with Gasteiger partial charge in [-0.05, 0) is 49.9 Å². The second-order valence-corrected chi connectivity index (χ2v) is 8.86. The van der Waals surface area contributed by atoms with Crippen LogP contribution in [0.4, 0.5) is 23.2 Å². The van der Waals surface area contributed by atoms with Crippen molar-refractivity contribution in [2.75, 3.05) is 25.6 Å². The number of hydrogen-bond donors (Lipinski definition) is 3. The summed E-state index contributed by atoms with van der Waals surface area (Å²) in [4.78, 5) is 25.8. The molecule has 1 unspecified atom stereocenters. The van der Waals surface area contributed by atoms with Crippen LogP contribution < -0.4 is 15.4 Å². The van der Waals surface area contributed by atoms with Crippen molar-refractivity contribution in [2.45, 2.75) is 32.5 Å². The summed E-state index contributed by atoms with van der Waals surface area (Å²) in [6.07, 6.45) is 0.896. The van der Waals surface area contributed by atoms with Gasteiger partial charge in [0.2, 0.25) is 6.41 Å². The molecule has 0 aliphatic rings. The van der Waals surface area contributed by atoms with Gasteiger partial charge in [-0.25, -0.2) is 17.6 Å². The summed E-state index contributed by atoms with van der Waals surface area (Å²) in [5.74, 6) is -3.93. The molecule has 0 radical (unpaired) electrons. The summed E-state index contributed by atoms with van der Waals surface area (Å²) < 4.78 is 60.9. The fourth-order valence-corrected chi connectivity index (χ4v) is 3.92. The molecule has 0 aliphatic heterocycles. The number of hydrogen-bond acceptors (Lipinski definition) is 5. The number of halogens is 4. The highest BCUT2D eigenvalue weighted by Gasteiger charge is 2.20. The van der Waals surface area contributed by atoms with Crippen LogP contribution >= 0.6 is 0 Å². The van der Waals surface area contributed by atoms with Gasteiger partial charge in [0, 0.05) is 66.7 Å². The van der Waals surface area contributed by atoms with Gasteiger partial charge >= 0.3 is 0 Å². The van der Waals surface area contributed by atoms with Crippen molar-refractivity contribution < 1.29 is 37.0 Å². The molecule has 208 valence electrons. The molecule has 11 heteroatoms. The van der Waals surface area contributed by atoms with Crippen LogP contribution in [0.5, 0.6) is 5.75 Å². The fourth-order valence-electron chi connectivity index (χ4n) is 3.92. The summed E-state index contributed by atoms with van der Waals surface area (Å²) in [5.41, 5.74) is 0.954. The van der Waals surface area contributed by atoms with Crippen LogP contribution in [0.25, 0.3) is 0 Å². The molecular formula is C28H29F4N3O4. The number of ether oxygens (including phenoxy) is 1. The van der Waals surface area contributed by atoms with Crippen LogP contribution in [0.15, 0.2) is 48.5 Å². The van der Waals surface area contributed by atoms with Crippen molar-refractivity contribution in [3.05, 3.63) is 94.1 Å². The minimum absolute atomic E-state index is 0.0166. The van der Waals surface area contributed by atoms with Crippen molar-refractivity contribution in [3.8, 4) is 5.75 Å². The molecule has 0 aliphatic carbocycles. The highest BCUT2D eigenvalue weighted by Crippen LogP contribution is 2.30. The Morgan fingerprint density at radius 2 is 1.77 bits per heavy atom. The molecule has 0 bridgehead atoms. The van der Waals surface area contributed by atoms with Crippen molar-refractivity contribution in [1.29, 1.82) is 0 Å². The van der Waals surface area contributed by atoms with Crippen LogP contribution in [0, 0.1) is 23.3 Å². The average Bonchev–Trinajstić information content (AvgIpc) is 2.89. The van der Waals surface area contributed by atoms with Crippen molar-refractivity contribution >= 4 is 18.0 Å². The number of benzene rings is 3. The third-order valence-corrected chi connectivity index (χ3v) is 6.18. The summed E-state index contributed by atoms with van der Waals surface area (Å²) in [7, 11) is 1.76. The first-order valence-corrected chi connectivity index (χ1v) is 12.1. The zero-order valence-electron chi connectivity index (χ0n) is 21.4. The van der Waals surface area contributed by atoms with Crippen LogP contribution in [0.3, 0.4) is 0 Å². The lowest BCUT2D eigenvalue weighted by atomic mass is 10.0. The second kappa shape index (κ2) is 13.7. The van der Waals surface area contributed by atoms with E-state index in [0.29, 0.717) is 54.1 Å². The maximum atomic E-state index is 14.5. The maximum absolute atomic E-state index is 14.5. The Hall–Kier alpha value is -3.96. The lowest BCUT2D eigenvalue weighted by molar-refractivity contribution is -0.105. The first-order valence-electron chi connectivity index (χ1n) is 12.1. The number of nitrogens with zero attached hydrogens (tertiary/aromatic N) is 1. The standard InChI is InChI=1S/C28H29F4N3O4/c1-17(35(2)15-19-10-21(5-7-24(19)30)39-9-3-8-36)22-6-4-18(11-27(22)34-16-37)28(38)33-14-23-25(31)12-20(29)13-26(23)32/h4-7,10-13,16-17,36H,3,8-9,14-15H2,1-2H3,(H,33,38)(H,34,37). The predicted octanol–water partition coefficient (Wildman–Crippen LogP) is 4.70. The van der Waals surface area contributed by atoms with Gasteiger partial charge in [-0.15, -0.1) is 0 Å². The molecule has 0 saturated carbocycles. The normalized spacial score (nSPS) is 11.8. The zero-order chi connectivity index (χ0) is 28.5. The Labute approximate surface area is 223 Å². The molecule has 3 aromatic rings. The molecule has 0 fully saturated rings. The molecular weight excluding hydrogens is 518 g/mol. The van der Waals surface area contributed by atoms with Gasteiger partial charge in [-0.1, -0.05) is 6.07 Å². The van der Waals surface area contributed by atoms with Gasteiger partial charge in [0.1, 0.15) is 29.0 Å². The third kappa shape index (κ3) is 7.78. The number of carbonyl (C=O) groups is 2. The highest BCUT2D eigenvalue weighted by atomic mass is 19.1. The van der Waals surface area contributed by atoms with E-state index in [1.54, 1.807) is 19.2 Å². The third-order valence-electron chi connectivity index (χ3n) is 6.18. The Kier molecular flexibility index (Phi) is 10.4. The highest BCUT2D eigenvalue weighted by molar-refractivity contribution is 5.96. The predicted molar refractivity (Wildman–Crippen MR) is 137 cm³/mol. The molecule has 7 nitrogen and oxygen atoms in total. The van der Waals surface area contributed by atoms with E-state index in [0.717, 1.165) is 0 Å². The summed E-state index contributed by atoms with van der Waals surface area (Å²) in [6, 6.07) is 9.62.